The number of aryl methyl sites for hydroxylation is 6. The molecular formula is C113H138N24O5. The Morgan fingerprint density at radius 2 is 0.655 bits per heavy atom. The molecule has 0 spiro atoms. The maximum atomic E-state index is 9.59. The molecule has 5 aliphatic rings. The molecule has 3 atom stereocenters. The molecule has 29 heteroatoms. The van der Waals surface area contributed by atoms with Gasteiger partial charge in [0.2, 0.25) is 0 Å². The van der Waals surface area contributed by atoms with Gasteiger partial charge in [-0.2, -0.15) is 0 Å². The second-order valence-electron chi connectivity index (χ2n) is 40.7. The lowest BCUT2D eigenvalue weighted by molar-refractivity contribution is 0.145. The van der Waals surface area contributed by atoms with E-state index in [2.05, 4.69) is 342 Å². The predicted molar refractivity (Wildman–Crippen MR) is 560 cm³/mol. The van der Waals surface area contributed by atoms with Crippen molar-refractivity contribution in [3.8, 4) is 5.75 Å². The summed E-state index contributed by atoms with van der Waals surface area (Å²) in [6.07, 6.45) is 8.73. The fourth-order valence-corrected chi connectivity index (χ4v) is 20.2. The Hall–Kier alpha value is -13.6. The molecule has 0 aliphatic carbocycles. The Morgan fingerprint density at radius 3 is 1.04 bits per heavy atom. The fourth-order valence-electron chi connectivity index (χ4n) is 20.2. The number of para-hydroxylation sites is 4. The standard InChI is InChI=1S/2C26H31N5O.C24H28N6O2.C20H22N2O.C17H26N6/c1-18-9-11-19(12-10-18)20-13-15-30(16-14-20)24(25-27-28-29-31(25)26(2,3)4)23-17-21-7-5-6-8-22(21)32-23;1-3-4-15-31-26(27-28-29-31)25(24-18-22-7-5-6-8-23(22)32-24)30-16-13-21(14-17-30)20-11-9-19(2)10-12-20;1-2-3-12-30-24(25-26-27-30)23(22-17-18-6-4-5-7-21(18)32-22)29-15-13-28(14-16-29)19-8-10-20(31)11-9-19;1-16-6-8-18(9-7-16)22-12-10-21(11-13-22)15-19-14-17-4-2-3-5-20(17)23-19;1-14-5-7-15(8-6-14)22-11-9-21(10-12-22)13-16-18-19-20-23(16)17(2,3)4/h5-12,17,20,24H,13-16H2,1-4H3;5-12,18,21,25H,3-4,13-17H2,1-2H3;4-11,17,23,31H,2-3,12-16H2,1H3;2-9,14H,10-13,15H2,1H3;5-8H,9-13H2,1-4H3. The number of piperazine rings is 3. The predicted octanol–water partition coefficient (Wildman–Crippen LogP) is 20.9. The zero-order chi connectivity index (χ0) is 98.2. The summed E-state index contributed by atoms with van der Waals surface area (Å²) < 4.78 is 32.7. The number of fused-ring (bicyclic) bond motifs is 4. The molecular weight excluding hydrogens is 1770 g/mol. The van der Waals surface area contributed by atoms with E-state index in [1.54, 1.807) is 12.1 Å². The van der Waals surface area contributed by atoms with Gasteiger partial charge in [0.1, 0.15) is 69.2 Å². The van der Waals surface area contributed by atoms with E-state index in [0.29, 0.717) is 11.8 Å². The number of phenolic OH excluding ortho intramolecular Hbond substituents is 1. The van der Waals surface area contributed by atoms with Gasteiger partial charge >= 0.3 is 0 Å². The van der Waals surface area contributed by atoms with Crippen LogP contribution in [0.5, 0.6) is 5.75 Å². The first-order valence-electron chi connectivity index (χ1n) is 51.1. The number of tetrazole rings is 4. The lowest BCUT2D eigenvalue weighted by atomic mass is 9.88. The van der Waals surface area contributed by atoms with E-state index in [1.165, 1.54) is 50.1 Å². The van der Waals surface area contributed by atoms with Gasteiger partial charge in [0, 0.05) is 130 Å². The molecule has 5 fully saturated rings. The van der Waals surface area contributed by atoms with Crippen LogP contribution in [0.1, 0.15) is 216 Å². The number of furan rings is 4. The smallest absolute Gasteiger partial charge is 0.176 e. The SMILES string of the molecule is CCCCn1nnnc1C(c1cc2ccccc2o1)N1CCC(c2ccc(C)cc2)CC1.CCCCn1nnnc1C(c1cc2ccccc2o1)N1CCN(c2ccc(O)cc2)CC1.Cc1ccc(C2CCN(C(c3cc4ccccc4o3)c3nnnn3C(C)(C)C)CC2)cc1.Cc1ccc(N2CCN(Cc3cc4ccccc4o3)CC2)cc1.Cc1ccc(N2CCN(Cc3nnnn3C(C)(C)C)CC2)cc1. The first-order valence-corrected chi connectivity index (χ1v) is 51.1. The zero-order valence-corrected chi connectivity index (χ0v) is 84.6. The molecule has 740 valence electrons. The summed E-state index contributed by atoms with van der Waals surface area (Å²) in [6.45, 7) is 44.8. The third-order valence-corrected chi connectivity index (χ3v) is 28.3. The second kappa shape index (κ2) is 45.6. The first-order chi connectivity index (χ1) is 69.1. The molecule has 29 nitrogen and oxygen atoms in total. The summed E-state index contributed by atoms with van der Waals surface area (Å²) in [4.78, 5) is 19.5. The van der Waals surface area contributed by atoms with Crippen molar-refractivity contribution in [2.75, 3.05) is 119 Å². The van der Waals surface area contributed by atoms with Gasteiger partial charge in [-0.15, -0.1) is 20.4 Å². The normalized spacial score (nSPS) is 16.5. The van der Waals surface area contributed by atoms with Crippen LogP contribution >= 0.6 is 0 Å². The van der Waals surface area contributed by atoms with Crippen molar-refractivity contribution in [1.82, 2.24) is 105 Å². The molecule has 17 aromatic rings. The zero-order valence-electron chi connectivity index (χ0n) is 84.6. The van der Waals surface area contributed by atoms with E-state index in [-0.39, 0.29) is 35.0 Å². The van der Waals surface area contributed by atoms with Crippen LogP contribution in [0, 0.1) is 27.7 Å². The van der Waals surface area contributed by atoms with Crippen LogP contribution in [-0.4, -0.2) is 215 Å². The Morgan fingerprint density at radius 1 is 0.331 bits per heavy atom. The maximum absolute atomic E-state index is 9.59. The maximum Gasteiger partial charge on any atom is 0.176 e. The van der Waals surface area contributed by atoms with E-state index in [0.717, 1.165) is 273 Å². The molecule has 5 aliphatic heterocycles. The van der Waals surface area contributed by atoms with Crippen molar-refractivity contribution in [3.05, 3.63) is 322 Å². The van der Waals surface area contributed by atoms with Gasteiger partial charge in [-0.1, -0.05) is 195 Å². The third-order valence-electron chi connectivity index (χ3n) is 28.3. The molecule has 9 aromatic carbocycles. The van der Waals surface area contributed by atoms with Crippen LogP contribution in [0.15, 0.2) is 260 Å². The molecule has 0 radical (unpaired) electrons. The van der Waals surface area contributed by atoms with Gasteiger partial charge in [0.25, 0.3) is 0 Å². The summed E-state index contributed by atoms with van der Waals surface area (Å²) in [5.74, 6) is 8.73. The molecule has 0 saturated carbocycles. The number of phenols is 1. The third kappa shape index (κ3) is 24.2. The van der Waals surface area contributed by atoms with E-state index >= 15 is 0 Å². The summed E-state index contributed by atoms with van der Waals surface area (Å²) in [5, 5.41) is 64.7. The Kier molecular flexibility index (Phi) is 31.6. The average molecular weight is 1910 g/mol. The highest BCUT2D eigenvalue weighted by Crippen LogP contribution is 2.42. The minimum absolute atomic E-state index is 0.0757. The number of anilines is 3. The largest absolute Gasteiger partial charge is 0.508 e. The number of aromatic nitrogens is 16. The number of piperidine rings is 2. The number of likely N-dealkylation sites (tertiary alicyclic amines) is 2. The first kappa shape index (κ1) is 98.6. The number of unbranched alkanes of at least 4 members (excludes halogenated alkanes) is 2. The van der Waals surface area contributed by atoms with Crippen LogP contribution < -0.4 is 14.7 Å². The van der Waals surface area contributed by atoms with Gasteiger partial charge in [0.15, 0.2) is 23.3 Å². The molecule has 3 unspecified atom stereocenters. The summed E-state index contributed by atoms with van der Waals surface area (Å²) in [6, 6.07) is 84.0. The number of nitrogens with zero attached hydrogens (tertiary/aromatic N) is 24. The van der Waals surface area contributed by atoms with Crippen molar-refractivity contribution in [3.63, 3.8) is 0 Å². The van der Waals surface area contributed by atoms with Crippen molar-refractivity contribution in [2.45, 2.75) is 202 Å². The Balaban J connectivity index is 0.000000118. The number of hydrogen-bond donors (Lipinski definition) is 1. The summed E-state index contributed by atoms with van der Waals surface area (Å²) in [5.41, 5.74) is 15.3. The van der Waals surface area contributed by atoms with Crippen molar-refractivity contribution in [1.29, 1.82) is 0 Å². The van der Waals surface area contributed by atoms with E-state index in [4.69, 9.17) is 17.7 Å². The monoisotopic (exact) mass is 1910 g/mol. The lowest BCUT2D eigenvalue weighted by Crippen LogP contribution is -2.48. The molecule has 142 heavy (non-hydrogen) atoms. The number of hydrogen-bond acceptors (Lipinski definition) is 25. The highest BCUT2D eigenvalue weighted by Gasteiger charge is 2.39. The molecule has 13 heterocycles. The average Bonchev–Trinajstić information content (AvgIpc) is 1.64. The molecule has 1 N–H and O–H groups in total. The summed E-state index contributed by atoms with van der Waals surface area (Å²) in [7, 11) is 0. The minimum Gasteiger partial charge on any atom is -0.508 e. The van der Waals surface area contributed by atoms with E-state index in [9.17, 15) is 5.11 Å². The van der Waals surface area contributed by atoms with Gasteiger partial charge in [-0.05, 0) is 296 Å². The van der Waals surface area contributed by atoms with Crippen LogP contribution in [0.2, 0.25) is 0 Å². The molecule has 8 aromatic heterocycles. The number of aromatic hydroxyl groups is 1. The van der Waals surface area contributed by atoms with E-state index < -0.39 is 0 Å². The van der Waals surface area contributed by atoms with Gasteiger partial charge < -0.3 is 37.5 Å². The summed E-state index contributed by atoms with van der Waals surface area (Å²) >= 11 is 0. The number of benzene rings is 9. The second-order valence-corrected chi connectivity index (χ2v) is 40.7. The Bertz CT molecular complexity index is 6480. The van der Waals surface area contributed by atoms with E-state index in [1.807, 2.05) is 91.5 Å². The molecule has 0 amide bonds. The quantitative estimate of drug-likeness (QED) is 0.0588. The van der Waals surface area contributed by atoms with Crippen molar-refractivity contribution >= 4 is 60.9 Å². The fraction of sp³-hybridized carbons (Fsp3) is 0.416. The Labute approximate surface area is 833 Å². The molecule has 5 saturated heterocycles. The lowest BCUT2D eigenvalue weighted by Gasteiger charge is -2.39. The minimum atomic E-state index is -0.219. The number of rotatable bonds is 24. The molecule has 22 rings (SSSR count). The van der Waals surface area contributed by atoms with Crippen LogP contribution in [0.4, 0.5) is 17.1 Å². The van der Waals surface area contributed by atoms with Crippen LogP contribution in [-0.2, 0) is 37.3 Å². The molecule has 0 bridgehead atoms. The van der Waals surface area contributed by atoms with Gasteiger partial charge in [0.05, 0.1) is 24.2 Å². The van der Waals surface area contributed by atoms with Gasteiger partial charge in [-0.3, -0.25) is 24.5 Å². The van der Waals surface area contributed by atoms with Crippen LogP contribution in [0.3, 0.4) is 0 Å². The van der Waals surface area contributed by atoms with Crippen molar-refractivity contribution < 1.29 is 22.8 Å². The van der Waals surface area contributed by atoms with Crippen LogP contribution in [0.25, 0.3) is 43.9 Å². The van der Waals surface area contributed by atoms with Gasteiger partial charge in [-0.25, -0.2) is 18.7 Å². The highest BCUT2D eigenvalue weighted by atomic mass is 16.3. The topological polar surface area (TPSA) is 273 Å². The van der Waals surface area contributed by atoms with Crippen molar-refractivity contribution in [2.24, 2.45) is 0 Å². The highest BCUT2D eigenvalue weighted by molar-refractivity contribution is 5.80.